The predicted molar refractivity (Wildman–Crippen MR) is 143 cm³/mol. The van der Waals surface area contributed by atoms with Gasteiger partial charge in [-0.15, -0.1) is 0 Å². The monoisotopic (exact) mass is 548 g/mol. The Labute approximate surface area is 225 Å². The number of amides is 3. The van der Waals surface area contributed by atoms with Gasteiger partial charge in [0.2, 0.25) is 11.7 Å². The van der Waals surface area contributed by atoms with E-state index in [4.69, 9.17) is 4.74 Å². The van der Waals surface area contributed by atoms with E-state index in [0.717, 1.165) is 35.1 Å². The lowest BCUT2D eigenvalue weighted by atomic mass is 10.1. The van der Waals surface area contributed by atoms with Crippen LogP contribution in [0, 0.1) is 20.2 Å². The lowest BCUT2D eigenvalue weighted by Crippen LogP contribution is -2.36. The summed E-state index contributed by atoms with van der Waals surface area (Å²) in [5.41, 5.74) is 1.05. The molecule has 0 radical (unpaired) electrons. The van der Waals surface area contributed by atoms with Crippen molar-refractivity contribution in [2.45, 2.75) is 13.3 Å². The van der Waals surface area contributed by atoms with Crippen LogP contribution in [0.25, 0.3) is 6.08 Å². The summed E-state index contributed by atoms with van der Waals surface area (Å²) in [5.74, 6) is -1.21. The van der Waals surface area contributed by atoms with Gasteiger partial charge in [0.05, 0.1) is 20.8 Å². The van der Waals surface area contributed by atoms with Crippen LogP contribution in [0.3, 0.4) is 0 Å². The van der Waals surface area contributed by atoms with Crippen molar-refractivity contribution in [3.05, 3.63) is 103 Å². The van der Waals surface area contributed by atoms with Crippen molar-refractivity contribution >= 4 is 52.0 Å². The molecule has 1 fully saturated rings. The summed E-state index contributed by atoms with van der Waals surface area (Å²) in [5, 5.41) is 24.4. The topological polar surface area (TPSA) is 162 Å². The number of imide groups is 1. The molecule has 1 N–H and O–H groups in total. The van der Waals surface area contributed by atoms with E-state index in [1.165, 1.54) is 18.2 Å². The number of rotatable bonds is 9. The summed E-state index contributed by atoms with van der Waals surface area (Å²) >= 11 is 0.675. The number of hydrogen-bond acceptors (Lipinski definition) is 9. The number of carbonyl (C=O) groups excluding carboxylic acids is 3. The summed E-state index contributed by atoms with van der Waals surface area (Å²) in [6.45, 7) is 1.56. The minimum absolute atomic E-state index is 0.0820. The third-order valence-corrected chi connectivity index (χ3v) is 6.46. The van der Waals surface area contributed by atoms with E-state index in [2.05, 4.69) is 5.32 Å². The van der Waals surface area contributed by atoms with E-state index in [9.17, 15) is 34.6 Å². The number of anilines is 1. The number of thioether (sulfide) groups is 1. The van der Waals surface area contributed by atoms with Gasteiger partial charge < -0.3 is 10.1 Å². The molecule has 3 amide bonds. The van der Waals surface area contributed by atoms with Crippen molar-refractivity contribution in [3.63, 3.8) is 0 Å². The van der Waals surface area contributed by atoms with Crippen molar-refractivity contribution < 1.29 is 29.0 Å². The van der Waals surface area contributed by atoms with Gasteiger partial charge in [0, 0.05) is 11.8 Å². The van der Waals surface area contributed by atoms with E-state index in [1.807, 2.05) is 19.1 Å². The molecule has 0 spiro atoms. The molecule has 4 rings (SSSR count). The highest BCUT2D eigenvalue weighted by Crippen LogP contribution is 2.36. The lowest BCUT2D eigenvalue weighted by Gasteiger charge is -2.12. The Balaban J connectivity index is 1.47. The van der Waals surface area contributed by atoms with Gasteiger partial charge in [-0.1, -0.05) is 31.2 Å². The van der Waals surface area contributed by atoms with E-state index in [-0.39, 0.29) is 16.4 Å². The summed E-state index contributed by atoms with van der Waals surface area (Å²) in [6.07, 6.45) is 2.28. The third kappa shape index (κ3) is 6.45. The molecule has 0 atom stereocenters. The number of hydrogen-bond donors (Lipinski definition) is 1. The van der Waals surface area contributed by atoms with Crippen molar-refractivity contribution in [1.29, 1.82) is 0 Å². The van der Waals surface area contributed by atoms with Crippen LogP contribution in [0.2, 0.25) is 0 Å². The van der Waals surface area contributed by atoms with Gasteiger partial charge in [0.25, 0.3) is 16.8 Å². The maximum Gasteiger partial charge on any atom is 0.318 e. The molecule has 39 heavy (non-hydrogen) atoms. The molecule has 0 saturated carbocycles. The van der Waals surface area contributed by atoms with E-state index < -0.39 is 44.8 Å². The Kier molecular flexibility index (Phi) is 8.01. The predicted octanol–water partition coefficient (Wildman–Crippen LogP) is 5.53. The molecule has 0 aromatic heterocycles. The number of benzene rings is 3. The van der Waals surface area contributed by atoms with Crippen molar-refractivity contribution in [3.8, 4) is 11.5 Å². The summed E-state index contributed by atoms with van der Waals surface area (Å²) in [4.78, 5) is 59.4. The van der Waals surface area contributed by atoms with Gasteiger partial charge in [0.1, 0.15) is 12.3 Å². The molecule has 12 nitrogen and oxygen atoms in total. The Morgan fingerprint density at radius 3 is 2.44 bits per heavy atom. The zero-order chi connectivity index (χ0) is 28.1. The maximum atomic E-state index is 12.8. The second-order valence-electron chi connectivity index (χ2n) is 8.21. The Morgan fingerprint density at radius 2 is 1.77 bits per heavy atom. The van der Waals surface area contributed by atoms with Gasteiger partial charge in [-0.25, -0.2) is 0 Å². The number of nitrogens with one attached hydrogen (secondary N) is 1. The molecule has 1 heterocycles. The van der Waals surface area contributed by atoms with Crippen LogP contribution in [0.4, 0.5) is 21.9 Å². The fraction of sp³-hybridized carbons (Fsp3) is 0.115. The molecular formula is C26H20N4O8S. The molecule has 0 bridgehead atoms. The van der Waals surface area contributed by atoms with Crippen molar-refractivity contribution in [2.24, 2.45) is 0 Å². The van der Waals surface area contributed by atoms with Crippen LogP contribution >= 0.6 is 11.8 Å². The molecule has 13 heteroatoms. The largest absolute Gasteiger partial charge is 0.450 e. The van der Waals surface area contributed by atoms with Gasteiger partial charge in [-0.05, 0) is 65.7 Å². The quantitative estimate of drug-likeness (QED) is 0.206. The molecule has 0 aliphatic carbocycles. The molecule has 0 unspecified atom stereocenters. The fourth-order valence-electron chi connectivity index (χ4n) is 3.60. The maximum absolute atomic E-state index is 12.8. The number of ether oxygens (including phenoxy) is 1. The number of nitro groups is 2. The zero-order valence-corrected chi connectivity index (χ0v) is 21.2. The first-order valence-corrected chi connectivity index (χ1v) is 12.3. The molecule has 1 aliphatic heterocycles. The molecule has 3 aromatic rings. The summed E-state index contributed by atoms with van der Waals surface area (Å²) in [7, 11) is 0. The van der Waals surface area contributed by atoms with Crippen molar-refractivity contribution in [1.82, 2.24) is 4.90 Å². The average molecular weight is 549 g/mol. The van der Waals surface area contributed by atoms with Crippen LogP contribution < -0.4 is 10.1 Å². The minimum Gasteiger partial charge on any atom is -0.450 e. The minimum atomic E-state index is -0.793. The number of carbonyl (C=O) groups is 3. The smallest absolute Gasteiger partial charge is 0.318 e. The number of nitrogens with zero attached hydrogens (tertiary/aromatic N) is 3. The van der Waals surface area contributed by atoms with Crippen LogP contribution in [0.15, 0.2) is 71.6 Å². The van der Waals surface area contributed by atoms with Crippen LogP contribution in [0.5, 0.6) is 11.5 Å². The second kappa shape index (κ2) is 11.6. The third-order valence-electron chi connectivity index (χ3n) is 5.55. The second-order valence-corrected chi connectivity index (χ2v) is 9.20. The molecular weight excluding hydrogens is 528 g/mol. The molecule has 3 aromatic carbocycles. The normalized spacial score (nSPS) is 14.0. The standard InChI is InChI=1S/C26H20N4O8S/c1-2-16-6-8-18(9-7-16)27-24(31)15-28-25(32)23(39-26(28)33)13-17-4-3-5-20(12-17)38-22-11-10-19(29(34)35)14-21(22)30(36)37/h3-14H,2,15H2,1H3,(H,27,31)/b23-13+. The van der Waals surface area contributed by atoms with Gasteiger partial charge in [0.15, 0.2) is 0 Å². The Hall–Kier alpha value is -5.04. The van der Waals surface area contributed by atoms with Crippen LogP contribution in [0.1, 0.15) is 18.1 Å². The SMILES string of the molecule is CCc1ccc(NC(=O)CN2C(=O)S/C(=C/c3cccc(Oc4ccc([N+](=O)[O-])cc4[N+](=O)[O-])c3)C2=O)cc1. The molecule has 1 saturated heterocycles. The van der Waals surface area contributed by atoms with Crippen LogP contribution in [-0.4, -0.2) is 38.3 Å². The van der Waals surface area contributed by atoms with Gasteiger partial charge >= 0.3 is 5.69 Å². The van der Waals surface area contributed by atoms with E-state index in [1.54, 1.807) is 24.3 Å². The van der Waals surface area contributed by atoms with Crippen LogP contribution in [-0.2, 0) is 16.0 Å². The van der Waals surface area contributed by atoms with Crippen molar-refractivity contribution in [2.75, 3.05) is 11.9 Å². The van der Waals surface area contributed by atoms with E-state index >= 15 is 0 Å². The Bertz CT molecular complexity index is 1520. The molecule has 198 valence electrons. The number of non-ortho nitro benzene ring substituents is 1. The summed E-state index contributed by atoms with van der Waals surface area (Å²) < 4.78 is 5.59. The van der Waals surface area contributed by atoms with Gasteiger partial charge in [-0.3, -0.25) is 39.5 Å². The highest BCUT2D eigenvalue weighted by atomic mass is 32.2. The first-order valence-electron chi connectivity index (χ1n) is 11.5. The first kappa shape index (κ1) is 27.0. The Morgan fingerprint density at radius 1 is 1.03 bits per heavy atom. The highest BCUT2D eigenvalue weighted by molar-refractivity contribution is 8.18. The van der Waals surface area contributed by atoms with Gasteiger partial charge in [-0.2, -0.15) is 0 Å². The lowest BCUT2D eigenvalue weighted by molar-refractivity contribution is -0.394. The summed E-state index contributed by atoms with van der Waals surface area (Å²) in [6, 6.07) is 16.4. The first-order chi connectivity index (χ1) is 18.6. The highest BCUT2D eigenvalue weighted by Gasteiger charge is 2.36. The molecule has 1 aliphatic rings. The van der Waals surface area contributed by atoms with E-state index in [0.29, 0.717) is 23.0 Å². The number of aryl methyl sites for hydroxylation is 1. The number of nitro benzene ring substituents is 2. The average Bonchev–Trinajstić information content (AvgIpc) is 3.16. The zero-order valence-electron chi connectivity index (χ0n) is 20.4. The fourth-order valence-corrected chi connectivity index (χ4v) is 4.44.